The van der Waals surface area contributed by atoms with E-state index in [1.807, 2.05) is 43.4 Å². The fourth-order valence-electron chi connectivity index (χ4n) is 6.60. The molecule has 4 nitrogen and oxygen atoms in total. The third-order valence-corrected chi connectivity index (χ3v) is 14.9. The van der Waals surface area contributed by atoms with E-state index in [0.29, 0.717) is 39.3 Å². The summed E-state index contributed by atoms with van der Waals surface area (Å²) in [4.78, 5) is 18.8. The summed E-state index contributed by atoms with van der Waals surface area (Å²) in [6.07, 6.45) is -2.93. The summed E-state index contributed by atoms with van der Waals surface area (Å²) in [5.74, 6) is -0.325. The maximum absolute atomic E-state index is 14.9. The number of nitrogens with zero attached hydrogens (tertiary/aromatic N) is 2. The molecule has 2 aliphatic rings. The van der Waals surface area contributed by atoms with Gasteiger partial charge in [0.15, 0.2) is 13.9 Å². The Bertz CT molecular complexity index is 1270. The zero-order valence-electron chi connectivity index (χ0n) is 24.2. The third-order valence-electron chi connectivity index (χ3n) is 9.17. The predicted octanol–water partition coefficient (Wildman–Crippen LogP) is 9.35. The number of rotatable bonds is 11. The van der Waals surface area contributed by atoms with Gasteiger partial charge in [-0.3, -0.25) is 4.79 Å². The molecule has 0 radical (unpaired) electrons. The molecule has 1 atom stereocenters. The first-order chi connectivity index (χ1) is 19.3. The second-order valence-electron chi connectivity index (χ2n) is 11.1. The number of carbonyl (C=O) groups is 1. The van der Waals surface area contributed by atoms with Crippen molar-refractivity contribution in [1.82, 2.24) is 4.90 Å². The van der Waals surface area contributed by atoms with Crippen molar-refractivity contribution in [3.63, 3.8) is 0 Å². The first-order valence-corrected chi connectivity index (χ1v) is 18.8. The summed E-state index contributed by atoms with van der Waals surface area (Å²) in [6, 6.07) is 9.77. The molecule has 1 aliphatic carbocycles. The van der Waals surface area contributed by atoms with E-state index in [0.717, 1.165) is 32.0 Å². The highest BCUT2D eigenvalue weighted by Crippen LogP contribution is 2.56. The van der Waals surface area contributed by atoms with Crippen LogP contribution >= 0.6 is 45.8 Å². The van der Waals surface area contributed by atoms with Gasteiger partial charge in [-0.2, -0.15) is 13.2 Å². The summed E-state index contributed by atoms with van der Waals surface area (Å²) in [6.45, 7) is 12.5. The highest BCUT2D eigenvalue weighted by molar-refractivity contribution is 14.1. The number of hydrogen-bond acceptors (Lipinski definition) is 3. The number of amides is 1. The maximum atomic E-state index is 14.9. The Morgan fingerprint density at radius 2 is 1.66 bits per heavy atom. The monoisotopic (exact) mass is 740 g/mol. The smallest absolute Gasteiger partial charge is 0.396 e. The lowest BCUT2D eigenvalue weighted by atomic mass is 9.78. The Kier molecular flexibility index (Phi) is 10.2. The van der Waals surface area contributed by atoms with Crippen LogP contribution in [-0.2, 0) is 21.0 Å². The second kappa shape index (κ2) is 12.6. The van der Waals surface area contributed by atoms with Gasteiger partial charge >= 0.3 is 6.18 Å². The number of alkyl halides is 3. The Hall–Kier alpha value is -0.853. The molecule has 1 heterocycles. The van der Waals surface area contributed by atoms with Crippen LogP contribution in [0.4, 0.5) is 18.9 Å². The van der Waals surface area contributed by atoms with Gasteiger partial charge in [0.2, 0.25) is 0 Å². The standard InChI is InChI=1S/C30H38Cl2F3IN2O2Si/c1-6-37(7-2)22-13-19(14-22)18-38-26-17-21(36)16-24(30(33,34)35)27(26)29(28(38)39,40-41(8-3,9-4)10-5)23-12-11-20(31)15-25(23)32/h11-12,15-17,19,22H,6-10,13-14,18H2,1-5H3. The van der Waals surface area contributed by atoms with Gasteiger partial charge in [-0.25, -0.2) is 0 Å². The molecule has 41 heavy (non-hydrogen) atoms. The zero-order chi connectivity index (χ0) is 30.3. The van der Waals surface area contributed by atoms with Gasteiger partial charge < -0.3 is 14.2 Å². The van der Waals surface area contributed by atoms with Crippen molar-refractivity contribution in [1.29, 1.82) is 0 Å². The minimum atomic E-state index is -4.71. The molecule has 2 aromatic carbocycles. The molecule has 1 saturated carbocycles. The van der Waals surface area contributed by atoms with Gasteiger partial charge in [0.05, 0.1) is 11.3 Å². The van der Waals surface area contributed by atoms with E-state index in [9.17, 15) is 18.0 Å². The molecule has 0 N–H and O–H groups in total. The summed E-state index contributed by atoms with van der Waals surface area (Å²) in [7, 11) is -2.69. The third kappa shape index (κ3) is 5.97. The lowest BCUT2D eigenvalue weighted by Crippen LogP contribution is -2.54. The van der Waals surface area contributed by atoms with Gasteiger partial charge in [-0.1, -0.05) is 63.9 Å². The number of halogens is 6. The van der Waals surface area contributed by atoms with E-state index >= 15 is 0 Å². The lowest BCUT2D eigenvalue weighted by Gasteiger charge is -2.44. The van der Waals surface area contributed by atoms with E-state index in [2.05, 4.69) is 18.7 Å². The van der Waals surface area contributed by atoms with Gasteiger partial charge in [0, 0.05) is 37.3 Å². The molecule has 2 aromatic rings. The van der Waals surface area contributed by atoms with Crippen molar-refractivity contribution >= 4 is 65.7 Å². The summed E-state index contributed by atoms with van der Waals surface area (Å²) in [5.41, 5.74) is -2.56. The molecule has 0 bridgehead atoms. The van der Waals surface area contributed by atoms with Crippen molar-refractivity contribution in [3.8, 4) is 0 Å². The van der Waals surface area contributed by atoms with Crippen LogP contribution in [0.15, 0.2) is 30.3 Å². The summed E-state index contributed by atoms with van der Waals surface area (Å²) >= 11 is 14.9. The molecule has 11 heteroatoms. The normalized spacial score (nSPS) is 22.8. The predicted molar refractivity (Wildman–Crippen MR) is 171 cm³/mol. The van der Waals surface area contributed by atoms with E-state index in [1.54, 1.807) is 23.1 Å². The highest BCUT2D eigenvalue weighted by atomic mass is 127. The van der Waals surface area contributed by atoms with E-state index < -0.39 is 31.6 Å². The van der Waals surface area contributed by atoms with E-state index in [4.69, 9.17) is 27.6 Å². The first kappa shape index (κ1) is 33.0. The maximum Gasteiger partial charge on any atom is 0.416 e. The molecule has 1 amide bonds. The summed E-state index contributed by atoms with van der Waals surface area (Å²) < 4.78 is 52.1. The van der Waals surface area contributed by atoms with Gasteiger partial charge in [-0.05, 0) is 96.8 Å². The van der Waals surface area contributed by atoms with Gasteiger partial charge in [0.1, 0.15) is 0 Å². The minimum Gasteiger partial charge on any atom is -0.396 e. The SMILES string of the molecule is CCN(CC)C1CC(CN2C(=O)C(O[Si](CC)(CC)CC)(c3ccc(Cl)cc3Cl)c3c2cc(I)cc3C(F)(F)F)C1. The molecule has 226 valence electrons. The number of fused-ring (bicyclic) bond motifs is 1. The molecule has 1 fully saturated rings. The Balaban J connectivity index is 1.97. The molecule has 0 spiro atoms. The number of anilines is 1. The average Bonchev–Trinajstić information content (AvgIpc) is 3.12. The fourth-order valence-corrected chi connectivity index (χ4v) is 10.6. The van der Waals surface area contributed by atoms with Crippen LogP contribution in [0.1, 0.15) is 64.2 Å². The number of carbonyl (C=O) groups excluding carboxylic acids is 1. The number of benzene rings is 2. The molecular formula is C30H38Cl2F3IN2O2Si. The molecule has 0 aromatic heterocycles. The van der Waals surface area contributed by atoms with Crippen LogP contribution in [0, 0.1) is 9.49 Å². The molecule has 1 aliphatic heterocycles. The van der Waals surface area contributed by atoms with Crippen molar-refractivity contribution in [3.05, 3.63) is 60.6 Å². The Morgan fingerprint density at radius 1 is 1.05 bits per heavy atom. The molecule has 4 rings (SSSR count). The molecule has 1 unspecified atom stereocenters. The van der Waals surface area contributed by atoms with Gasteiger partial charge in [0.25, 0.3) is 5.91 Å². The van der Waals surface area contributed by atoms with Crippen molar-refractivity contribution in [2.24, 2.45) is 5.92 Å². The van der Waals surface area contributed by atoms with E-state index in [-0.39, 0.29) is 27.8 Å². The second-order valence-corrected chi connectivity index (χ2v) is 17.9. The van der Waals surface area contributed by atoms with Crippen LogP contribution in [0.5, 0.6) is 0 Å². The fraction of sp³-hybridized carbons (Fsp3) is 0.567. The Morgan fingerprint density at radius 3 is 2.17 bits per heavy atom. The Labute approximate surface area is 266 Å². The molecular weight excluding hydrogens is 703 g/mol. The highest BCUT2D eigenvalue weighted by Gasteiger charge is 2.61. The topological polar surface area (TPSA) is 32.8 Å². The quantitative estimate of drug-likeness (QED) is 0.170. The first-order valence-electron chi connectivity index (χ1n) is 14.4. The van der Waals surface area contributed by atoms with Crippen molar-refractivity contribution < 1.29 is 22.4 Å². The van der Waals surface area contributed by atoms with Crippen LogP contribution in [0.25, 0.3) is 0 Å². The largest absolute Gasteiger partial charge is 0.416 e. The summed E-state index contributed by atoms with van der Waals surface area (Å²) in [5, 5.41) is 0.443. The van der Waals surface area contributed by atoms with Crippen LogP contribution in [-0.4, -0.2) is 44.8 Å². The van der Waals surface area contributed by atoms with Crippen LogP contribution in [0.2, 0.25) is 28.2 Å². The van der Waals surface area contributed by atoms with Crippen molar-refractivity contribution in [2.75, 3.05) is 24.5 Å². The molecule has 0 saturated heterocycles. The number of hydrogen-bond donors (Lipinski definition) is 0. The van der Waals surface area contributed by atoms with Crippen LogP contribution < -0.4 is 4.90 Å². The minimum absolute atomic E-state index is 0.113. The van der Waals surface area contributed by atoms with Crippen LogP contribution in [0.3, 0.4) is 0 Å². The average molecular weight is 742 g/mol. The van der Waals surface area contributed by atoms with Gasteiger partial charge in [-0.15, -0.1) is 0 Å². The lowest BCUT2D eigenvalue weighted by molar-refractivity contribution is -0.141. The zero-order valence-corrected chi connectivity index (χ0v) is 28.8. The van der Waals surface area contributed by atoms with Crippen molar-refractivity contribution in [2.45, 2.75) is 83.4 Å². The van der Waals surface area contributed by atoms with E-state index in [1.165, 1.54) is 6.07 Å².